The van der Waals surface area contributed by atoms with Crippen molar-refractivity contribution in [3.8, 4) is 0 Å². The van der Waals surface area contributed by atoms with Crippen molar-refractivity contribution in [2.24, 2.45) is 11.7 Å². The molecule has 104 valence electrons. The van der Waals surface area contributed by atoms with Gasteiger partial charge in [0.25, 0.3) is 0 Å². The average Bonchev–Trinajstić information content (AvgIpc) is 3.18. The van der Waals surface area contributed by atoms with Gasteiger partial charge in [0.2, 0.25) is 0 Å². The molecule has 0 aromatic heterocycles. The van der Waals surface area contributed by atoms with Crippen LogP contribution in [0.15, 0.2) is 42.5 Å². The van der Waals surface area contributed by atoms with Crippen LogP contribution >= 0.6 is 0 Å². The largest absolute Gasteiger partial charge is 0.324 e. The molecule has 0 bridgehead atoms. The Bertz CT molecular complexity index is 598. The van der Waals surface area contributed by atoms with Crippen LogP contribution in [0, 0.1) is 25.6 Å². The van der Waals surface area contributed by atoms with Crippen molar-refractivity contribution in [3.05, 3.63) is 70.5 Å². The third kappa shape index (κ3) is 2.36. The van der Waals surface area contributed by atoms with Crippen molar-refractivity contribution in [1.82, 2.24) is 0 Å². The smallest absolute Gasteiger partial charge is 0.128 e. The van der Waals surface area contributed by atoms with Crippen LogP contribution in [0.3, 0.4) is 0 Å². The fourth-order valence-corrected chi connectivity index (χ4v) is 3.26. The molecular weight excluding hydrogens is 249 g/mol. The number of nitrogens with two attached hydrogens (primary N) is 1. The standard InChI is InChI=1S/C18H20FN/c1-11-8-12(2)17(16(19)9-11)18(20)15-10-14(15)13-6-4-3-5-7-13/h3-9,14-15,18H,10,20H2,1-2H3. The summed E-state index contributed by atoms with van der Waals surface area (Å²) in [5, 5.41) is 0. The van der Waals surface area contributed by atoms with Crippen molar-refractivity contribution in [2.75, 3.05) is 0 Å². The van der Waals surface area contributed by atoms with Gasteiger partial charge in [0.1, 0.15) is 5.82 Å². The van der Waals surface area contributed by atoms with Crippen LogP contribution in [0.5, 0.6) is 0 Å². The van der Waals surface area contributed by atoms with E-state index in [4.69, 9.17) is 5.73 Å². The summed E-state index contributed by atoms with van der Waals surface area (Å²) in [5.74, 6) is 0.674. The zero-order valence-corrected chi connectivity index (χ0v) is 11.9. The molecule has 0 radical (unpaired) electrons. The molecular formula is C18H20FN. The molecule has 2 heteroatoms. The molecule has 0 heterocycles. The van der Waals surface area contributed by atoms with Gasteiger partial charge in [-0.05, 0) is 54.9 Å². The summed E-state index contributed by atoms with van der Waals surface area (Å²) in [6.45, 7) is 3.86. The maximum Gasteiger partial charge on any atom is 0.128 e. The zero-order valence-electron chi connectivity index (χ0n) is 11.9. The summed E-state index contributed by atoms with van der Waals surface area (Å²) in [6.07, 6.45) is 1.05. The highest BCUT2D eigenvalue weighted by Crippen LogP contribution is 2.53. The summed E-state index contributed by atoms with van der Waals surface area (Å²) in [5.41, 5.74) is 10.3. The Kier molecular flexibility index (Phi) is 3.35. The van der Waals surface area contributed by atoms with Gasteiger partial charge in [-0.3, -0.25) is 0 Å². The van der Waals surface area contributed by atoms with Crippen molar-refractivity contribution >= 4 is 0 Å². The fourth-order valence-electron chi connectivity index (χ4n) is 3.26. The third-order valence-electron chi connectivity index (χ3n) is 4.34. The second-order valence-electron chi connectivity index (χ2n) is 5.92. The molecule has 1 saturated carbocycles. The van der Waals surface area contributed by atoms with Crippen LogP contribution in [0.25, 0.3) is 0 Å². The molecule has 1 aliphatic rings. The lowest BCUT2D eigenvalue weighted by Gasteiger charge is -2.16. The molecule has 1 fully saturated rings. The van der Waals surface area contributed by atoms with Gasteiger partial charge in [-0.2, -0.15) is 0 Å². The van der Waals surface area contributed by atoms with E-state index in [1.54, 1.807) is 6.07 Å². The van der Waals surface area contributed by atoms with E-state index < -0.39 is 0 Å². The molecule has 2 aromatic carbocycles. The average molecular weight is 269 g/mol. The molecule has 0 aliphatic heterocycles. The van der Waals surface area contributed by atoms with Crippen molar-refractivity contribution < 1.29 is 4.39 Å². The molecule has 0 spiro atoms. The van der Waals surface area contributed by atoms with E-state index in [1.165, 1.54) is 5.56 Å². The zero-order chi connectivity index (χ0) is 14.3. The predicted molar refractivity (Wildman–Crippen MR) is 80.1 cm³/mol. The fraction of sp³-hybridized carbons (Fsp3) is 0.333. The van der Waals surface area contributed by atoms with Crippen molar-refractivity contribution in [3.63, 3.8) is 0 Å². The van der Waals surface area contributed by atoms with Gasteiger partial charge < -0.3 is 5.73 Å². The van der Waals surface area contributed by atoms with E-state index in [2.05, 4.69) is 12.1 Å². The van der Waals surface area contributed by atoms with Gasteiger partial charge in [0.15, 0.2) is 0 Å². The first-order valence-electron chi connectivity index (χ1n) is 7.15. The monoisotopic (exact) mass is 269 g/mol. The van der Waals surface area contributed by atoms with Crippen LogP contribution in [0.1, 0.15) is 40.6 Å². The minimum Gasteiger partial charge on any atom is -0.324 e. The topological polar surface area (TPSA) is 26.0 Å². The second kappa shape index (κ2) is 5.02. The lowest BCUT2D eigenvalue weighted by atomic mass is 9.94. The van der Waals surface area contributed by atoms with Crippen LogP contribution in [0.4, 0.5) is 4.39 Å². The highest BCUT2D eigenvalue weighted by atomic mass is 19.1. The SMILES string of the molecule is Cc1cc(C)c(C(N)C2CC2c2ccccc2)c(F)c1. The first-order valence-corrected chi connectivity index (χ1v) is 7.15. The Morgan fingerprint density at radius 1 is 1.15 bits per heavy atom. The van der Waals surface area contributed by atoms with Crippen molar-refractivity contribution in [2.45, 2.75) is 32.2 Å². The lowest BCUT2D eigenvalue weighted by molar-refractivity contribution is 0.543. The third-order valence-corrected chi connectivity index (χ3v) is 4.34. The van der Waals surface area contributed by atoms with E-state index in [9.17, 15) is 4.39 Å². The number of rotatable bonds is 3. The Balaban J connectivity index is 1.84. The van der Waals surface area contributed by atoms with E-state index in [0.29, 0.717) is 17.4 Å². The van der Waals surface area contributed by atoms with E-state index in [0.717, 1.165) is 17.5 Å². The molecule has 2 N–H and O–H groups in total. The van der Waals surface area contributed by atoms with Crippen LogP contribution < -0.4 is 5.73 Å². The Hall–Kier alpha value is -1.67. The van der Waals surface area contributed by atoms with Crippen LogP contribution in [-0.4, -0.2) is 0 Å². The number of halogens is 1. The minimum atomic E-state index is -0.208. The molecule has 3 rings (SSSR count). The van der Waals surface area contributed by atoms with Gasteiger partial charge >= 0.3 is 0 Å². The maximum atomic E-state index is 14.2. The van der Waals surface area contributed by atoms with E-state index in [1.807, 2.05) is 38.1 Å². The Morgan fingerprint density at radius 3 is 2.50 bits per heavy atom. The Morgan fingerprint density at radius 2 is 1.85 bits per heavy atom. The van der Waals surface area contributed by atoms with Crippen LogP contribution in [-0.2, 0) is 0 Å². The van der Waals surface area contributed by atoms with Gasteiger partial charge in [-0.1, -0.05) is 36.4 Å². The normalized spacial score (nSPS) is 22.6. The molecule has 20 heavy (non-hydrogen) atoms. The Labute approximate surface area is 119 Å². The minimum absolute atomic E-state index is 0.159. The summed E-state index contributed by atoms with van der Waals surface area (Å²) in [6, 6.07) is 13.8. The van der Waals surface area contributed by atoms with E-state index in [-0.39, 0.29) is 11.9 Å². The highest BCUT2D eigenvalue weighted by molar-refractivity contribution is 5.37. The predicted octanol–water partition coefficient (Wildman–Crippen LogP) is 4.25. The number of hydrogen-bond donors (Lipinski definition) is 1. The molecule has 1 nitrogen and oxygen atoms in total. The maximum absolute atomic E-state index is 14.2. The van der Waals surface area contributed by atoms with Gasteiger partial charge in [-0.25, -0.2) is 4.39 Å². The molecule has 3 unspecified atom stereocenters. The quantitative estimate of drug-likeness (QED) is 0.886. The molecule has 3 atom stereocenters. The van der Waals surface area contributed by atoms with E-state index >= 15 is 0 Å². The first-order chi connectivity index (χ1) is 9.58. The summed E-state index contributed by atoms with van der Waals surface area (Å²) >= 11 is 0. The first kappa shape index (κ1) is 13.3. The van der Waals surface area contributed by atoms with Crippen molar-refractivity contribution in [1.29, 1.82) is 0 Å². The van der Waals surface area contributed by atoms with Crippen LogP contribution in [0.2, 0.25) is 0 Å². The van der Waals surface area contributed by atoms with Gasteiger partial charge in [0, 0.05) is 11.6 Å². The highest BCUT2D eigenvalue weighted by Gasteiger charge is 2.43. The molecule has 0 saturated heterocycles. The number of aryl methyl sites for hydroxylation is 2. The summed E-state index contributed by atoms with van der Waals surface area (Å²) in [7, 11) is 0. The summed E-state index contributed by atoms with van der Waals surface area (Å²) in [4.78, 5) is 0. The van der Waals surface area contributed by atoms with Gasteiger partial charge in [0.05, 0.1) is 0 Å². The summed E-state index contributed by atoms with van der Waals surface area (Å²) < 4.78 is 14.2. The second-order valence-corrected chi connectivity index (χ2v) is 5.92. The molecule has 1 aliphatic carbocycles. The number of hydrogen-bond acceptors (Lipinski definition) is 1. The molecule has 2 aromatic rings. The van der Waals surface area contributed by atoms with Gasteiger partial charge in [-0.15, -0.1) is 0 Å². The lowest BCUT2D eigenvalue weighted by Crippen LogP contribution is -2.17. The number of benzene rings is 2. The molecule has 0 amide bonds.